The van der Waals surface area contributed by atoms with E-state index in [0.717, 1.165) is 25.9 Å². The molecule has 2 N–H and O–H groups in total. The van der Waals surface area contributed by atoms with Gasteiger partial charge < -0.3 is 15.3 Å². The molecule has 0 spiro atoms. The fraction of sp³-hybridized carbons (Fsp3) is 1.00. The zero-order valence-electron chi connectivity index (χ0n) is 11.8. The Morgan fingerprint density at radius 3 is 2.67 bits per heavy atom. The van der Waals surface area contributed by atoms with Crippen molar-refractivity contribution in [1.29, 1.82) is 0 Å². The second kappa shape index (κ2) is 7.43. The highest BCUT2D eigenvalue weighted by molar-refractivity contribution is 4.75. The molecule has 2 aliphatic rings. The van der Waals surface area contributed by atoms with Gasteiger partial charge in [-0.05, 0) is 38.8 Å². The summed E-state index contributed by atoms with van der Waals surface area (Å²) in [5.74, 6) is 0.696. The maximum Gasteiger partial charge on any atom is 0.0543 e. The maximum absolute atomic E-state index is 9.62. The highest BCUT2D eigenvalue weighted by Crippen LogP contribution is 2.23. The molecule has 1 aliphatic carbocycles. The summed E-state index contributed by atoms with van der Waals surface area (Å²) in [5, 5.41) is 13.2. The summed E-state index contributed by atoms with van der Waals surface area (Å²) < 4.78 is 0. The Balaban J connectivity index is 1.50. The van der Waals surface area contributed by atoms with Gasteiger partial charge in [0.1, 0.15) is 0 Å². The second-order valence-electron chi connectivity index (χ2n) is 6.04. The van der Waals surface area contributed by atoms with Crippen LogP contribution in [0.2, 0.25) is 0 Å². The molecule has 4 nitrogen and oxygen atoms in total. The van der Waals surface area contributed by atoms with Gasteiger partial charge in [-0.25, -0.2) is 0 Å². The zero-order chi connectivity index (χ0) is 12.8. The summed E-state index contributed by atoms with van der Waals surface area (Å²) >= 11 is 0. The fourth-order valence-electron chi connectivity index (χ4n) is 3.06. The van der Waals surface area contributed by atoms with Gasteiger partial charge in [0.15, 0.2) is 0 Å². The van der Waals surface area contributed by atoms with Crippen LogP contribution in [0.5, 0.6) is 0 Å². The summed E-state index contributed by atoms with van der Waals surface area (Å²) in [5.41, 5.74) is 0. The SMILES string of the molecule is CN1CCN(CCNCC2CCCC(O)C2)CC1. The number of hydrogen-bond acceptors (Lipinski definition) is 4. The molecule has 2 atom stereocenters. The topological polar surface area (TPSA) is 38.7 Å². The first kappa shape index (κ1) is 14.3. The van der Waals surface area contributed by atoms with Crippen LogP contribution in [0.15, 0.2) is 0 Å². The minimum Gasteiger partial charge on any atom is -0.393 e. The first-order valence-electron chi connectivity index (χ1n) is 7.53. The summed E-state index contributed by atoms with van der Waals surface area (Å²) in [7, 11) is 2.20. The van der Waals surface area contributed by atoms with E-state index in [-0.39, 0.29) is 6.10 Å². The number of rotatable bonds is 5. The molecule has 0 amide bonds. The van der Waals surface area contributed by atoms with Crippen LogP contribution in [0, 0.1) is 5.92 Å². The third-order valence-electron chi connectivity index (χ3n) is 4.39. The molecule has 0 radical (unpaired) electrons. The van der Waals surface area contributed by atoms with Crippen LogP contribution in [0.4, 0.5) is 0 Å². The van der Waals surface area contributed by atoms with E-state index in [1.54, 1.807) is 0 Å². The fourth-order valence-corrected chi connectivity index (χ4v) is 3.06. The number of likely N-dealkylation sites (N-methyl/N-ethyl adjacent to an activating group) is 1. The number of hydrogen-bond donors (Lipinski definition) is 2. The lowest BCUT2D eigenvalue weighted by Gasteiger charge is -2.32. The van der Waals surface area contributed by atoms with Gasteiger partial charge in [-0.15, -0.1) is 0 Å². The van der Waals surface area contributed by atoms with E-state index < -0.39 is 0 Å². The molecular weight excluding hydrogens is 226 g/mol. The Bertz CT molecular complexity index is 229. The molecule has 2 rings (SSSR count). The monoisotopic (exact) mass is 255 g/mol. The molecule has 0 aromatic rings. The molecule has 1 heterocycles. The van der Waals surface area contributed by atoms with E-state index in [1.165, 1.54) is 45.6 Å². The average Bonchev–Trinajstić information content (AvgIpc) is 2.37. The Labute approximate surface area is 111 Å². The molecule has 18 heavy (non-hydrogen) atoms. The van der Waals surface area contributed by atoms with Crippen LogP contribution >= 0.6 is 0 Å². The van der Waals surface area contributed by atoms with Crippen LogP contribution in [0.25, 0.3) is 0 Å². The third kappa shape index (κ3) is 4.84. The molecule has 2 unspecified atom stereocenters. The smallest absolute Gasteiger partial charge is 0.0543 e. The van der Waals surface area contributed by atoms with Gasteiger partial charge in [0.2, 0.25) is 0 Å². The van der Waals surface area contributed by atoms with Crippen molar-refractivity contribution in [2.45, 2.75) is 31.8 Å². The van der Waals surface area contributed by atoms with Crippen LogP contribution in [-0.2, 0) is 0 Å². The van der Waals surface area contributed by atoms with Crippen molar-refractivity contribution in [1.82, 2.24) is 15.1 Å². The second-order valence-corrected chi connectivity index (χ2v) is 6.04. The van der Waals surface area contributed by atoms with Gasteiger partial charge in [-0.2, -0.15) is 0 Å². The van der Waals surface area contributed by atoms with Crippen LogP contribution < -0.4 is 5.32 Å². The van der Waals surface area contributed by atoms with Gasteiger partial charge in [0.05, 0.1) is 6.10 Å². The largest absolute Gasteiger partial charge is 0.393 e. The predicted octanol–water partition coefficient (Wildman–Crippen LogP) is 0.375. The first-order chi connectivity index (χ1) is 8.74. The minimum absolute atomic E-state index is 0.0387. The van der Waals surface area contributed by atoms with Crippen molar-refractivity contribution in [3.63, 3.8) is 0 Å². The van der Waals surface area contributed by atoms with Gasteiger partial charge in [0, 0.05) is 39.3 Å². The summed E-state index contributed by atoms with van der Waals surface area (Å²) in [6.45, 7) is 8.18. The summed E-state index contributed by atoms with van der Waals surface area (Å²) in [6.07, 6.45) is 4.47. The number of nitrogens with zero attached hydrogens (tertiary/aromatic N) is 2. The molecule has 1 saturated heterocycles. The Morgan fingerprint density at radius 1 is 1.17 bits per heavy atom. The van der Waals surface area contributed by atoms with E-state index in [1.807, 2.05) is 0 Å². The number of aliphatic hydroxyl groups is 1. The molecule has 4 heteroatoms. The lowest BCUT2D eigenvalue weighted by molar-refractivity contribution is 0.0998. The van der Waals surface area contributed by atoms with Crippen molar-refractivity contribution in [2.24, 2.45) is 5.92 Å². The molecule has 0 bridgehead atoms. The van der Waals surface area contributed by atoms with E-state index in [9.17, 15) is 5.11 Å². The van der Waals surface area contributed by atoms with Crippen molar-refractivity contribution < 1.29 is 5.11 Å². The number of nitrogens with one attached hydrogen (secondary N) is 1. The van der Waals surface area contributed by atoms with Gasteiger partial charge in [-0.3, -0.25) is 4.90 Å². The van der Waals surface area contributed by atoms with Crippen molar-refractivity contribution in [2.75, 3.05) is 52.9 Å². The molecule has 2 fully saturated rings. The third-order valence-corrected chi connectivity index (χ3v) is 4.39. The summed E-state index contributed by atoms with van der Waals surface area (Å²) in [4.78, 5) is 4.94. The highest BCUT2D eigenvalue weighted by atomic mass is 16.3. The van der Waals surface area contributed by atoms with Crippen molar-refractivity contribution >= 4 is 0 Å². The minimum atomic E-state index is -0.0387. The number of piperazine rings is 1. The Morgan fingerprint density at radius 2 is 1.94 bits per heavy atom. The maximum atomic E-state index is 9.62. The molecule has 1 saturated carbocycles. The van der Waals surface area contributed by atoms with E-state index in [4.69, 9.17) is 0 Å². The van der Waals surface area contributed by atoms with Crippen LogP contribution in [0.1, 0.15) is 25.7 Å². The Kier molecular flexibility index (Phi) is 5.89. The van der Waals surface area contributed by atoms with E-state index in [2.05, 4.69) is 22.2 Å². The lowest BCUT2D eigenvalue weighted by Crippen LogP contribution is -2.46. The summed E-state index contributed by atoms with van der Waals surface area (Å²) in [6, 6.07) is 0. The molecule has 0 aromatic carbocycles. The average molecular weight is 255 g/mol. The first-order valence-corrected chi connectivity index (χ1v) is 7.53. The Hall–Kier alpha value is -0.160. The number of aliphatic hydroxyl groups excluding tert-OH is 1. The van der Waals surface area contributed by atoms with Crippen LogP contribution in [0.3, 0.4) is 0 Å². The van der Waals surface area contributed by atoms with Gasteiger partial charge in [0.25, 0.3) is 0 Å². The van der Waals surface area contributed by atoms with E-state index >= 15 is 0 Å². The van der Waals surface area contributed by atoms with E-state index in [0.29, 0.717) is 5.92 Å². The molecule has 106 valence electrons. The molecular formula is C14H29N3O. The zero-order valence-corrected chi connectivity index (χ0v) is 11.8. The van der Waals surface area contributed by atoms with Gasteiger partial charge in [-0.1, -0.05) is 6.42 Å². The standard InChI is InChI=1S/C14H29N3O/c1-16-7-9-17(10-8-16)6-5-15-12-13-3-2-4-14(18)11-13/h13-15,18H,2-12H2,1H3. The van der Waals surface area contributed by atoms with Crippen LogP contribution in [-0.4, -0.2) is 73.9 Å². The van der Waals surface area contributed by atoms with Gasteiger partial charge >= 0.3 is 0 Å². The predicted molar refractivity (Wildman–Crippen MR) is 74.8 cm³/mol. The van der Waals surface area contributed by atoms with Crippen molar-refractivity contribution in [3.8, 4) is 0 Å². The van der Waals surface area contributed by atoms with Crippen molar-refractivity contribution in [3.05, 3.63) is 0 Å². The molecule has 0 aromatic heterocycles. The lowest BCUT2D eigenvalue weighted by atomic mass is 9.87. The highest BCUT2D eigenvalue weighted by Gasteiger charge is 2.19. The normalized spacial score (nSPS) is 31.7. The molecule has 1 aliphatic heterocycles. The quantitative estimate of drug-likeness (QED) is 0.697.